The van der Waals surface area contributed by atoms with Crippen LogP contribution in [-0.4, -0.2) is 36.4 Å². The molecule has 5 nitrogen and oxygen atoms in total. The Balaban J connectivity index is 2.09. The Morgan fingerprint density at radius 3 is 2.47 bits per heavy atom. The minimum Gasteiger partial charge on any atom is -0.433 e. The lowest BCUT2D eigenvalue weighted by Gasteiger charge is -2.22. The van der Waals surface area contributed by atoms with E-state index in [0.717, 1.165) is 0 Å². The molecular weight excluding hydrogens is 200 g/mol. The maximum Gasteiger partial charge on any atom is 0.305 e. The molecule has 2 rings (SSSR count). The van der Waals surface area contributed by atoms with Crippen LogP contribution in [0.25, 0.3) is 0 Å². The number of rotatable bonds is 1. The monoisotopic (exact) mass is 216 g/mol. The van der Waals surface area contributed by atoms with E-state index in [9.17, 15) is 4.79 Å². The highest BCUT2D eigenvalue weighted by Crippen LogP contribution is 2.38. The lowest BCUT2D eigenvalue weighted by Crippen LogP contribution is -2.32. The molecule has 15 heavy (non-hydrogen) atoms. The molecule has 0 aromatic heterocycles. The van der Waals surface area contributed by atoms with E-state index in [-0.39, 0.29) is 24.3 Å². The quantitative estimate of drug-likeness (QED) is 0.607. The summed E-state index contributed by atoms with van der Waals surface area (Å²) in [5.74, 6) is -1.01. The van der Waals surface area contributed by atoms with Gasteiger partial charge in [0.1, 0.15) is 6.10 Å². The zero-order valence-corrected chi connectivity index (χ0v) is 9.35. The minimum absolute atomic E-state index is 0.124. The lowest BCUT2D eigenvalue weighted by molar-refractivity contribution is -0.229. The smallest absolute Gasteiger partial charge is 0.305 e. The topological polar surface area (TPSA) is 54.0 Å². The van der Waals surface area contributed by atoms with Crippen molar-refractivity contribution in [3.05, 3.63) is 0 Å². The summed E-state index contributed by atoms with van der Waals surface area (Å²) in [6.45, 7) is 6.90. The Morgan fingerprint density at radius 2 is 1.87 bits per heavy atom. The summed E-state index contributed by atoms with van der Waals surface area (Å²) in [6, 6.07) is 0. The molecule has 0 aliphatic carbocycles. The summed E-state index contributed by atoms with van der Waals surface area (Å²) in [5, 5.41) is 0. The van der Waals surface area contributed by atoms with Crippen molar-refractivity contribution in [2.45, 2.75) is 58.1 Å². The zero-order chi connectivity index (χ0) is 11.2. The van der Waals surface area contributed by atoms with Gasteiger partial charge in [-0.1, -0.05) is 0 Å². The summed E-state index contributed by atoms with van der Waals surface area (Å²) in [6.07, 6.45) is -1.26. The number of carbonyl (C=O) groups is 1. The summed E-state index contributed by atoms with van der Waals surface area (Å²) < 4.78 is 21.8. The molecule has 2 aliphatic heterocycles. The maximum atomic E-state index is 10.9. The van der Waals surface area contributed by atoms with Gasteiger partial charge in [0.2, 0.25) is 6.29 Å². The van der Waals surface area contributed by atoms with Crippen LogP contribution in [0.4, 0.5) is 0 Å². The lowest BCUT2D eigenvalue weighted by atomic mass is 10.2. The summed E-state index contributed by atoms with van der Waals surface area (Å²) in [5.41, 5.74) is 0. The van der Waals surface area contributed by atoms with E-state index in [1.807, 2.05) is 20.8 Å². The molecule has 0 aromatic rings. The number of esters is 1. The Kier molecular flexibility index (Phi) is 2.48. The molecule has 0 spiro atoms. The summed E-state index contributed by atoms with van der Waals surface area (Å²) in [7, 11) is 0. The molecule has 1 unspecified atom stereocenters. The summed E-state index contributed by atoms with van der Waals surface area (Å²) >= 11 is 0. The molecule has 2 heterocycles. The van der Waals surface area contributed by atoms with Gasteiger partial charge < -0.3 is 18.9 Å². The first-order valence-corrected chi connectivity index (χ1v) is 5.07. The van der Waals surface area contributed by atoms with Crippen LogP contribution in [0.3, 0.4) is 0 Å². The van der Waals surface area contributed by atoms with Gasteiger partial charge in [0.05, 0.1) is 6.10 Å². The van der Waals surface area contributed by atoms with Crippen molar-refractivity contribution >= 4 is 5.97 Å². The van der Waals surface area contributed by atoms with Crippen molar-refractivity contribution in [1.29, 1.82) is 0 Å². The standard InChI is InChI=1S/C10H16O5/c1-5-7-8(15-10(3,4)14-7)9(12-5)13-6(2)11/h5,7-9H,1-4H3/t5-,7-,8-,9?/m1/s1. The maximum absolute atomic E-state index is 10.9. The average Bonchev–Trinajstić information content (AvgIpc) is 2.49. The Hall–Kier alpha value is -0.650. The molecule has 86 valence electrons. The predicted octanol–water partition coefficient (Wildman–Crippen LogP) is 0.814. The van der Waals surface area contributed by atoms with Crippen molar-refractivity contribution in [3.8, 4) is 0 Å². The first-order valence-electron chi connectivity index (χ1n) is 5.07. The highest BCUT2D eigenvalue weighted by Gasteiger charge is 2.55. The Labute approximate surface area is 88.6 Å². The molecular formula is C10H16O5. The molecule has 5 heteroatoms. The van der Waals surface area contributed by atoms with Crippen molar-refractivity contribution in [3.63, 3.8) is 0 Å². The fourth-order valence-corrected chi connectivity index (χ4v) is 2.02. The summed E-state index contributed by atoms with van der Waals surface area (Å²) in [4.78, 5) is 10.9. The molecule has 4 atom stereocenters. The van der Waals surface area contributed by atoms with Gasteiger partial charge in [0, 0.05) is 6.92 Å². The van der Waals surface area contributed by atoms with Crippen LogP contribution in [0.1, 0.15) is 27.7 Å². The van der Waals surface area contributed by atoms with Gasteiger partial charge in [-0.15, -0.1) is 0 Å². The van der Waals surface area contributed by atoms with Crippen LogP contribution in [0.15, 0.2) is 0 Å². The third-order valence-corrected chi connectivity index (χ3v) is 2.53. The zero-order valence-electron chi connectivity index (χ0n) is 9.35. The number of fused-ring (bicyclic) bond motifs is 1. The first-order chi connectivity index (χ1) is 6.89. The normalized spacial score (nSPS) is 42.7. The van der Waals surface area contributed by atoms with Crippen LogP contribution in [0, 0.1) is 0 Å². The van der Waals surface area contributed by atoms with Crippen LogP contribution in [0.5, 0.6) is 0 Å². The molecule has 0 radical (unpaired) electrons. The molecule has 0 bridgehead atoms. The van der Waals surface area contributed by atoms with Crippen LogP contribution in [0.2, 0.25) is 0 Å². The predicted molar refractivity (Wildman–Crippen MR) is 49.9 cm³/mol. The van der Waals surface area contributed by atoms with Crippen LogP contribution >= 0.6 is 0 Å². The third-order valence-electron chi connectivity index (χ3n) is 2.53. The SMILES string of the molecule is CC(=O)OC1O[C@H](C)[C@H]2OC(C)(C)O[C@@H]12. The van der Waals surface area contributed by atoms with E-state index in [0.29, 0.717) is 0 Å². The molecule has 2 saturated heterocycles. The molecule has 0 amide bonds. The largest absolute Gasteiger partial charge is 0.433 e. The van der Waals surface area contributed by atoms with Gasteiger partial charge in [0.25, 0.3) is 0 Å². The number of hydrogen-bond donors (Lipinski definition) is 0. The Morgan fingerprint density at radius 1 is 1.27 bits per heavy atom. The van der Waals surface area contributed by atoms with E-state index in [1.165, 1.54) is 6.92 Å². The fourth-order valence-electron chi connectivity index (χ4n) is 2.02. The molecule has 2 aliphatic rings. The average molecular weight is 216 g/mol. The highest BCUT2D eigenvalue weighted by atomic mass is 16.8. The van der Waals surface area contributed by atoms with Crippen molar-refractivity contribution in [1.82, 2.24) is 0 Å². The van der Waals surface area contributed by atoms with Crippen LogP contribution < -0.4 is 0 Å². The third kappa shape index (κ3) is 2.00. The second-order valence-corrected chi connectivity index (χ2v) is 4.38. The van der Waals surface area contributed by atoms with Gasteiger partial charge in [-0.25, -0.2) is 0 Å². The molecule has 0 saturated carbocycles. The van der Waals surface area contributed by atoms with E-state index >= 15 is 0 Å². The van der Waals surface area contributed by atoms with Gasteiger partial charge in [-0.2, -0.15) is 0 Å². The van der Waals surface area contributed by atoms with E-state index < -0.39 is 12.1 Å². The van der Waals surface area contributed by atoms with E-state index in [1.54, 1.807) is 0 Å². The van der Waals surface area contributed by atoms with E-state index in [2.05, 4.69) is 0 Å². The van der Waals surface area contributed by atoms with Crippen molar-refractivity contribution < 1.29 is 23.7 Å². The van der Waals surface area contributed by atoms with Gasteiger partial charge in [-0.3, -0.25) is 4.79 Å². The molecule has 2 fully saturated rings. The van der Waals surface area contributed by atoms with Gasteiger partial charge in [-0.05, 0) is 20.8 Å². The first kappa shape index (κ1) is 10.9. The fraction of sp³-hybridized carbons (Fsp3) is 0.900. The number of ether oxygens (including phenoxy) is 4. The second kappa shape index (κ2) is 3.43. The second-order valence-electron chi connectivity index (χ2n) is 4.38. The Bertz CT molecular complexity index is 275. The van der Waals surface area contributed by atoms with E-state index in [4.69, 9.17) is 18.9 Å². The highest BCUT2D eigenvalue weighted by molar-refractivity contribution is 5.66. The minimum atomic E-state index is -0.649. The molecule has 0 N–H and O–H groups in total. The van der Waals surface area contributed by atoms with Crippen molar-refractivity contribution in [2.75, 3.05) is 0 Å². The van der Waals surface area contributed by atoms with Gasteiger partial charge >= 0.3 is 5.97 Å². The number of carbonyl (C=O) groups excluding carboxylic acids is 1. The molecule has 0 aromatic carbocycles. The van der Waals surface area contributed by atoms with Crippen LogP contribution in [-0.2, 0) is 23.7 Å². The van der Waals surface area contributed by atoms with Gasteiger partial charge in [0.15, 0.2) is 11.9 Å². The number of hydrogen-bond acceptors (Lipinski definition) is 5. The van der Waals surface area contributed by atoms with Crippen molar-refractivity contribution in [2.24, 2.45) is 0 Å².